The number of anilines is 2. The number of hydrogen-bond acceptors (Lipinski definition) is 6. The Hall–Kier alpha value is -1.21. The molecule has 4 N–H and O–H groups in total. The first-order valence-electron chi connectivity index (χ1n) is 6.57. The van der Waals surface area contributed by atoms with Gasteiger partial charge in [-0.25, -0.2) is 15.8 Å². The van der Waals surface area contributed by atoms with Gasteiger partial charge in [0.15, 0.2) is 0 Å². The average molecular weight is 299 g/mol. The molecule has 0 saturated heterocycles. The number of rotatable bonds is 5. The molecule has 1 rings (SSSR count). The third kappa shape index (κ3) is 4.42. The quantitative estimate of drug-likeness (QED) is 0.564. The topological polar surface area (TPSA) is 92.9 Å². The number of aromatic nitrogens is 2. The van der Waals surface area contributed by atoms with Crippen molar-refractivity contribution in [2.45, 2.75) is 46.1 Å². The minimum absolute atomic E-state index is 0.0628. The van der Waals surface area contributed by atoms with Gasteiger partial charge in [-0.3, -0.25) is 4.21 Å². The van der Waals surface area contributed by atoms with Crippen LogP contribution in [0, 0.1) is 6.92 Å². The second kappa shape index (κ2) is 6.49. The summed E-state index contributed by atoms with van der Waals surface area (Å²) in [4.78, 5) is 9.03. The van der Waals surface area contributed by atoms with Crippen LogP contribution in [0.3, 0.4) is 0 Å². The summed E-state index contributed by atoms with van der Waals surface area (Å²) in [6.07, 6.45) is 1.69. The third-order valence-electron chi connectivity index (χ3n) is 2.82. The van der Waals surface area contributed by atoms with E-state index in [2.05, 4.69) is 20.7 Å². The van der Waals surface area contributed by atoms with Crippen molar-refractivity contribution < 1.29 is 4.21 Å². The summed E-state index contributed by atoms with van der Waals surface area (Å²) in [5.41, 5.74) is 3.29. The van der Waals surface area contributed by atoms with Gasteiger partial charge in [-0.2, -0.15) is 0 Å². The van der Waals surface area contributed by atoms with Gasteiger partial charge in [0, 0.05) is 39.8 Å². The molecule has 2 unspecified atom stereocenters. The van der Waals surface area contributed by atoms with Gasteiger partial charge in [0.05, 0.1) is 0 Å². The van der Waals surface area contributed by atoms with E-state index in [1.54, 1.807) is 6.26 Å². The molecule has 2 atom stereocenters. The van der Waals surface area contributed by atoms with Crippen molar-refractivity contribution in [3.63, 3.8) is 0 Å². The summed E-state index contributed by atoms with van der Waals surface area (Å²) in [5, 5.41) is 3.29. The Morgan fingerprint density at radius 1 is 1.30 bits per heavy atom. The van der Waals surface area contributed by atoms with Crippen LogP contribution in [0.15, 0.2) is 0 Å². The molecule has 0 aromatic carbocycles. The average Bonchev–Trinajstić information content (AvgIpc) is 2.29. The minimum Gasteiger partial charge on any atom is -0.366 e. The van der Waals surface area contributed by atoms with E-state index in [1.807, 2.05) is 34.6 Å². The van der Waals surface area contributed by atoms with Crippen molar-refractivity contribution in [3.8, 4) is 0 Å². The predicted molar refractivity (Wildman–Crippen MR) is 85.3 cm³/mol. The first kappa shape index (κ1) is 16.8. The fourth-order valence-corrected chi connectivity index (χ4v) is 2.55. The molecular weight excluding hydrogens is 274 g/mol. The number of hydrogen-bond donors (Lipinski definition) is 3. The van der Waals surface area contributed by atoms with Crippen LogP contribution < -0.4 is 16.6 Å². The molecule has 1 aromatic rings. The zero-order valence-electron chi connectivity index (χ0n) is 13.1. The zero-order chi connectivity index (χ0) is 15.5. The molecule has 0 radical (unpaired) electrons. The van der Waals surface area contributed by atoms with E-state index in [9.17, 15) is 4.21 Å². The van der Waals surface area contributed by atoms with E-state index < -0.39 is 10.8 Å². The number of nitrogen functional groups attached to an aromatic ring is 1. The van der Waals surface area contributed by atoms with Gasteiger partial charge in [-0.1, -0.05) is 20.8 Å². The monoisotopic (exact) mass is 299 g/mol. The highest BCUT2D eigenvalue weighted by molar-refractivity contribution is 7.84. The molecule has 0 saturated carbocycles. The largest absolute Gasteiger partial charge is 0.366 e. The molecule has 0 amide bonds. The summed E-state index contributed by atoms with van der Waals surface area (Å²) in [5.74, 6) is 8.15. The van der Waals surface area contributed by atoms with E-state index in [4.69, 9.17) is 5.84 Å². The fourth-order valence-electron chi connectivity index (χ4n) is 1.76. The molecule has 1 heterocycles. The Bertz CT molecular complexity index is 498. The minimum atomic E-state index is -0.852. The van der Waals surface area contributed by atoms with Gasteiger partial charge in [0.2, 0.25) is 0 Å². The van der Waals surface area contributed by atoms with Gasteiger partial charge < -0.3 is 10.7 Å². The van der Waals surface area contributed by atoms with Crippen molar-refractivity contribution in [1.82, 2.24) is 9.97 Å². The van der Waals surface area contributed by atoms with Crippen LogP contribution in [-0.2, 0) is 16.2 Å². The van der Waals surface area contributed by atoms with Crippen molar-refractivity contribution in [1.29, 1.82) is 0 Å². The van der Waals surface area contributed by atoms with Crippen LogP contribution in [0.2, 0.25) is 0 Å². The summed E-state index contributed by atoms with van der Waals surface area (Å²) in [6, 6.07) is 0.0628. The summed E-state index contributed by atoms with van der Waals surface area (Å²) in [7, 11) is -0.852. The summed E-state index contributed by atoms with van der Waals surface area (Å²) in [6.45, 7) is 10.0. The molecule has 0 fully saturated rings. The van der Waals surface area contributed by atoms with Crippen molar-refractivity contribution in [3.05, 3.63) is 11.4 Å². The maximum Gasteiger partial charge on any atom is 0.148 e. The first-order valence-corrected chi connectivity index (χ1v) is 8.30. The van der Waals surface area contributed by atoms with Crippen LogP contribution in [-0.4, -0.2) is 32.2 Å². The molecule has 20 heavy (non-hydrogen) atoms. The maximum atomic E-state index is 11.3. The number of hydrazine groups is 1. The molecule has 6 nitrogen and oxygen atoms in total. The second-order valence-corrected chi connectivity index (χ2v) is 7.53. The highest BCUT2D eigenvalue weighted by Crippen LogP contribution is 2.26. The molecule has 114 valence electrons. The van der Waals surface area contributed by atoms with E-state index in [0.717, 1.165) is 11.4 Å². The Morgan fingerprint density at radius 3 is 2.30 bits per heavy atom. The second-order valence-electron chi connectivity index (χ2n) is 6.05. The van der Waals surface area contributed by atoms with E-state index in [1.165, 1.54) is 0 Å². The van der Waals surface area contributed by atoms with Crippen LogP contribution in [0.1, 0.15) is 39.1 Å². The molecular formula is C13H25N5OS. The smallest absolute Gasteiger partial charge is 0.148 e. The highest BCUT2D eigenvalue weighted by Gasteiger charge is 2.21. The summed E-state index contributed by atoms with van der Waals surface area (Å²) >= 11 is 0. The molecule has 0 bridgehead atoms. The number of nitrogens with two attached hydrogens (primary N) is 1. The van der Waals surface area contributed by atoms with Crippen LogP contribution >= 0.6 is 0 Å². The van der Waals surface area contributed by atoms with E-state index in [-0.39, 0.29) is 11.5 Å². The molecule has 0 spiro atoms. The lowest BCUT2D eigenvalue weighted by Crippen LogP contribution is -2.26. The molecule has 0 aliphatic carbocycles. The zero-order valence-corrected chi connectivity index (χ0v) is 13.9. The van der Waals surface area contributed by atoms with E-state index in [0.29, 0.717) is 17.4 Å². The van der Waals surface area contributed by atoms with Crippen LogP contribution in [0.4, 0.5) is 11.6 Å². The highest BCUT2D eigenvalue weighted by atomic mass is 32.2. The lowest BCUT2D eigenvalue weighted by molar-refractivity contribution is 0.545. The lowest BCUT2D eigenvalue weighted by atomic mass is 9.95. The van der Waals surface area contributed by atoms with Gasteiger partial charge in [0.1, 0.15) is 17.5 Å². The Kier molecular flexibility index (Phi) is 5.47. The Balaban J connectivity index is 3.14. The number of nitrogens with zero attached hydrogens (tertiary/aromatic N) is 2. The van der Waals surface area contributed by atoms with Crippen molar-refractivity contribution >= 4 is 22.4 Å². The van der Waals surface area contributed by atoms with Gasteiger partial charge in [-0.05, 0) is 13.8 Å². The van der Waals surface area contributed by atoms with Crippen LogP contribution in [0.5, 0.6) is 0 Å². The van der Waals surface area contributed by atoms with Crippen LogP contribution in [0.25, 0.3) is 0 Å². The first-order chi connectivity index (χ1) is 9.15. The normalized spacial score (nSPS) is 14.8. The predicted octanol–water partition coefficient (Wildman–Crippen LogP) is 1.55. The molecule has 1 aromatic heterocycles. The molecule has 7 heteroatoms. The third-order valence-corrected chi connectivity index (χ3v) is 3.79. The van der Waals surface area contributed by atoms with Gasteiger partial charge in [0.25, 0.3) is 0 Å². The summed E-state index contributed by atoms with van der Waals surface area (Å²) < 4.78 is 11.3. The van der Waals surface area contributed by atoms with Crippen molar-refractivity contribution in [2.75, 3.05) is 22.8 Å². The Morgan fingerprint density at radius 2 is 1.85 bits per heavy atom. The fraction of sp³-hybridized carbons (Fsp3) is 0.692. The molecule has 0 aliphatic rings. The maximum absolute atomic E-state index is 11.3. The van der Waals surface area contributed by atoms with E-state index >= 15 is 0 Å². The van der Waals surface area contributed by atoms with Gasteiger partial charge in [-0.15, -0.1) is 0 Å². The van der Waals surface area contributed by atoms with Crippen molar-refractivity contribution in [2.24, 2.45) is 5.84 Å². The Labute approximate surface area is 123 Å². The standard InChI is InChI=1S/C13H25N5OS/c1-8(7-20(6)19)15-10-9(2)11(18-14)17-12(16-10)13(3,4)5/h8H,7,14H2,1-6H3,(H2,15,16,17,18). The molecule has 0 aliphatic heterocycles. The lowest BCUT2D eigenvalue weighted by Gasteiger charge is -2.22. The SMILES string of the molecule is Cc1c(NN)nc(C(C)(C)C)nc1NC(C)CS(C)=O. The van der Waals surface area contributed by atoms with Gasteiger partial charge >= 0.3 is 0 Å². The number of nitrogens with one attached hydrogen (secondary N) is 2.